The number of amides is 3. The van der Waals surface area contributed by atoms with Crippen molar-refractivity contribution in [2.45, 2.75) is 12.6 Å². The molecular formula is C34H29FN4O6. The number of rotatable bonds is 9. The van der Waals surface area contributed by atoms with Crippen molar-refractivity contribution in [2.24, 2.45) is 0 Å². The molecule has 6 rings (SSSR count). The van der Waals surface area contributed by atoms with Crippen molar-refractivity contribution in [1.29, 1.82) is 0 Å². The first-order valence-electron chi connectivity index (χ1n) is 14.2. The normalized spacial score (nSPS) is 13.8. The predicted octanol–water partition coefficient (Wildman–Crippen LogP) is 4.56. The molecule has 0 bridgehead atoms. The van der Waals surface area contributed by atoms with Crippen LogP contribution < -0.4 is 24.6 Å². The van der Waals surface area contributed by atoms with E-state index in [1.807, 2.05) is 31.1 Å². The fourth-order valence-corrected chi connectivity index (χ4v) is 5.35. The first-order valence-corrected chi connectivity index (χ1v) is 14.2. The van der Waals surface area contributed by atoms with E-state index in [1.165, 1.54) is 35.2 Å². The zero-order chi connectivity index (χ0) is 31.7. The quantitative estimate of drug-likeness (QED) is 0.278. The van der Waals surface area contributed by atoms with Crippen LogP contribution in [0.2, 0.25) is 0 Å². The third kappa shape index (κ3) is 5.92. The van der Waals surface area contributed by atoms with Gasteiger partial charge in [-0.3, -0.25) is 24.1 Å². The number of fused-ring (bicyclic) bond motifs is 2. The molecule has 4 aromatic carbocycles. The predicted molar refractivity (Wildman–Crippen MR) is 165 cm³/mol. The lowest BCUT2D eigenvalue weighted by Crippen LogP contribution is -2.46. The number of anilines is 3. The van der Waals surface area contributed by atoms with Gasteiger partial charge in [0.25, 0.3) is 17.6 Å². The minimum atomic E-state index is -1.23. The first-order chi connectivity index (χ1) is 21.7. The van der Waals surface area contributed by atoms with Crippen LogP contribution in [0.5, 0.6) is 11.5 Å². The second-order valence-electron chi connectivity index (χ2n) is 10.8. The van der Waals surface area contributed by atoms with E-state index in [4.69, 9.17) is 9.47 Å². The summed E-state index contributed by atoms with van der Waals surface area (Å²) < 4.78 is 24.9. The van der Waals surface area contributed by atoms with Crippen LogP contribution in [0, 0.1) is 5.82 Å². The summed E-state index contributed by atoms with van der Waals surface area (Å²) in [4.78, 5) is 58.5. The van der Waals surface area contributed by atoms with Crippen LogP contribution in [-0.2, 0) is 20.9 Å². The lowest BCUT2D eigenvalue weighted by molar-refractivity contribution is -0.139. The van der Waals surface area contributed by atoms with E-state index in [2.05, 4.69) is 5.32 Å². The summed E-state index contributed by atoms with van der Waals surface area (Å²) in [6.45, 7) is -0.603. The molecule has 45 heavy (non-hydrogen) atoms. The molecule has 3 amide bonds. The molecule has 0 aromatic heterocycles. The summed E-state index contributed by atoms with van der Waals surface area (Å²) in [5.41, 5.74) is 2.90. The van der Waals surface area contributed by atoms with E-state index < -0.39 is 41.9 Å². The second-order valence-corrected chi connectivity index (χ2v) is 10.8. The molecule has 2 aliphatic heterocycles. The summed E-state index contributed by atoms with van der Waals surface area (Å²) in [7, 11) is 3.80. The summed E-state index contributed by atoms with van der Waals surface area (Å²) in [5, 5.41) is 2.91. The van der Waals surface area contributed by atoms with Gasteiger partial charge in [0.1, 0.15) is 18.4 Å². The molecule has 1 unspecified atom stereocenters. The highest BCUT2D eigenvalue weighted by Crippen LogP contribution is 2.37. The van der Waals surface area contributed by atoms with Crippen molar-refractivity contribution >= 4 is 40.6 Å². The molecule has 1 atom stereocenters. The Bertz CT molecular complexity index is 1790. The molecule has 0 fully saturated rings. The van der Waals surface area contributed by atoms with Gasteiger partial charge in [-0.25, -0.2) is 4.39 Å². The van der Waals surface area contributed by atoms with Crippen molar-refractivity contribution in [3.05, 3.63) is 114 Å². The van der Waals surface area contributed by atoms with E-state index in [0.717, 1.165) is 10.6 Å². The molecule has 10 nitrogen and oxygen atoms in total. The molecular weight excluding hydrogens is 579 g/mol. The lowest BCUT2D eigenvalue weighted by atomic mass is 10.0. The molecule has 0 aliphatic carbocycles. The lowest BCUT2D eigenvalue weighted by Gasteiger charge is -2.33. The van der Waals surface area contributed by atoms with Crippen molar-refractivity contribution < 1.29 is 33.0 Å². The monoisotopic (exact) mass is 608 g/mol. The maximum absolute atomic E-state index is 14.3. The number of nitrogens with one attached hydrogen (secondary N) is 1. The molecule has 4 aromatic rings. The molecule has 0 saturated carbocycles. The van der Waals surface area contributed by atoms with E-state index in [-0.39, 0.29) is 18.9 Å². The Morgan fingerprint density at radius 2 is 1.62 bits per heavy atom. The smallest absolute Gasteiger partial charge is 0.299 e. The Hall–Kier alpha value is -5.71. The van der Waals surface area contributed by atoms with Gasteiger partial charge in [-0.1, -0.05) is 30.3 Å². The van der Waals surface area contributed by atoms with Gasteiger partial charge < -0.3 is 24.6 Å². The van der Waals surface area contributed by atoms with Gasteiger partial charge in [0, 0.05) is 32.0 Å². The number of carbonyl (C=O) groups is 4. The largest absolute Gasteiger partial charge is 0.454 e. The number of benzene rings is 4. The van der Waals surface area contributed by atoms with Gasteiger partial charge in [-0.2, -0.15) is 0 Å². The van der Waals surface area contributed by atoms with Crippen molar-refractivity contribution in [3.8, 4) is 11.5 Å². The average Bonchev–Trinajstić information content (AvgIpc) is 3.60. The topological polar surface area (TPSA) is 108 Å². The summed E-state index contributed by atoms with van der Waals surface area (Å²) in [6, 6.07) is 22.9. The minimum Gasteiger partial charge on any atom is -0.454 e. The third-order valence-electron chi connectivity index (χ3n) is 7.68. The van der Waals surface area contributed by atoms with Gasteiger partial charge in [-0.15, -0.1) is 0 Å². The van der Waals surface area contributed by atoms with Crippen molar-refractivity contribution in [2.75, 3.05) is 42.5 Å². The third-order valence-corrected chi connectivity index (χ3v) is 7.68. The Morgan fingerprint density at radius 3 is 2.36 bits per heavy atom. The maximum atomic E-state index is 14.3. The van der Waals surface area contributed by atoms with Crippen LogP contribution in [0.4, 0.5) is 21.5 Å². The number of halogens is 1. The zero-order valence-electron chi connectivity index (χ0n) is 24.5. The summed E-state index contributed by atoms with van der Waals surface area (Å²) >= 11 is 0. The van der Waals surface area contributed by atoms with E-state index in [9.17, 15) is 23.6 Å². The van der Waals surface area contributed by atoms with Crippen LogP contribution in [0.1, 0.15) is 27.5 Å². The van der Waals surface area contributed by atoms with Crippen LogP contribution in [0.25, 0.3) is 0 Å². The number of para-hydroxylation sites is 1. The minimum absolute atomic E-state index is 0.0105. The number of hydrogen-bond acceptors (Lipinski definition) is 7. The second kappa shape index (κ2) is 12.1. The maximum Gasteiger partial charge on any atom is 0.299 e. The number of carbonyl (C=O) groups excluding carboxylic acids is 4. The molecule has 11 heteroatoms. The number of hydrogen-bond donors (Lipinski definition) is 1. The number of nitrogens with zero attached hydrogens (tertiary/aromatic N) is 3. The van der Waals surface area contributed by atoms with Crippen LogP contribution in [0.15, 0.2) is 91.0 Å². The first kappa shape index (κ1) is 29.4. The Labute approximate surface area is 258 Å². The highest BCUT2D eigenvalue weighted by Gasteiger charge is 2.39. The van der Waals surface area contributed by atoms with Gasteiger partial charge in [0.2, 0.25) is 12.7 Å². The fourth-order valence-electron chi connectivity index (χ4n) is 5.35. The Balaban J connectivity index is 1.40. The Kier molecular flexibility index (Phi) is 7.91. The van der Waals surface area contributed by atoms with Crippen LogP contribution in [-0.4, -0.2) is 55.8 Å². The highest BCUT2D eigenvalue weighted by atomic mass is 19.1. The fraction of sp³-hybridized carbons (Fsp3) is 0.176. The molecule has 2 heterocycles. The van der Waals surface area contributed by atoms with E-state index in [0.29, 0.717) is 34.0 Å². The Morgan fingerprint density at radius 1 is 0.911 bits per heavy atom. The molecule has 2 aliphatic rings. The van der Waals surface area contributed by atoms with E-state index >= 15 is 0 Å². The van der Waals surface area contributed by atoms with Crippen molar-refractivity contribution in [1.82, 2.24) is 4.90 Å². The molecule has 1 N–H and O–H groups in total. The number of ether oxygens (including phenoxy) is 2. The zero-order valence-corrected chi connectivity index (χ0v) is 24.5. The van der Waals surface area contributed by atoms with E-state index in [1.54, 1.807) is 48.5 Å². The highest BCUT2D eigenvalue weighted by molar-refractivity contribution is 6.52. The number of Topliss-reactive ketones (excluding diaryl/α,β-unsaturated/α-hetero) is 1. The molecule has 0 radical (unpaired) electrons. The van der Waals surface area contributed by atoms with Gasteiger partial charge in [0.15, 0.2) is 11.5 Å². The molecule has 228 valence electrons. The average molecular weight is 609 g/mol. The number of ketones is 1. The summed E-state index contributed by atoms with van der Waals surface area (Å²) in [5.74, 6) is -2.26. The van der Waals surface area contributed by atoms with Gasteiger partial charge in [-0.05, 0) is 71.8 Å². The van der Waals surface area contributed by atoms with Crippen LogP contribution in [0.3, 0.4) is 0 Å². The van der Waals surface area contributed by atoms with Gasteiger partial charge >= 0.3 is 0 Å². The van der Waals surface area contributed by atoms with Gasteiger partial charge in [0.05, 0.1) is 11.3 Å². The standard InChI is InChI=1S/C34H29FN4O6/c1-37(2)25-14-12-24(13-15-25)36-33(42)31(22-9-16-28-29(17-22)45-20-44-28)39(18-21-7-10-23(35)11-8-21)30(40)19-38-27-6-4-3-5-26(27)32(41)34(38)43/h3-17,31H,18-20H2,1-2H3,(H,36,42). The SMILES string of the molecule is CN(C)c1ccc(NC(=O)C(c2ccc3c(c2)OCO3)N(Cc2ccc(F)cc2)C(=O)CN2C(=O)C(=O)c3ccccc32)cc1. The van der Waals surface area contributed by atoms with Crippen LogP contribution >= 0.6 is 0 Å². The summed E-state index contributed by atoms with van der Waals surface area (Å²) in [6.07, 6.45) is 0. The molecule has 0 saturated heterocycles. The van der Waals surface area contributed by atoms with Crippen molar-refractivity contribution in [3.63, 3.8) is 0 Å². The molecule has 0 spiro atoms.